The first-order chi connectivity index (χ1) is 19.8. The Kier molecular flexibility index (Phi) is 14.6. The minimum absolute atomic E-state index is 0.141. The Hall–Kier alpha value is -3.75. The van der Waals surface area contributed by atoms with Crippen molar-refractivity contribution in [1.29, 1.82) is 0 Å². The van der Waals surface area contributed by atoms with E-state index >= 15 is 0 Å². The van der Waals surface area contributed by atoms with Gasteiger partial charge in [0.05, 0.1) is 13.1 Å². The van der Waals surface area contributed by atoms with E-state index in [1.54, 1.807) is 0 Å². The SMILES string of the molecule is COC(CNC(=O)/C(=C\NCc1ccccc1)S(=O)(=O)/C(=C/NCc1ccccc1)C(=O)NCC(OC)OC)OC. The van der Waals surface area contributed by atoms with Gasteiger partial charge >= 0.3 is 0 Å². The molecule has 2 rings (SSSR count). The Morgan fingerprint density at radius 1 is 0.659 bits per heavy atom. The lowest BCUT2D eigenvalue weighted by atomic mass is 10.2. The zero-order valence-electron chi connectivity index (χ0n) is 23.6. The maximum atomic E-state index is 13.9. The molecule has 0 aliphatic rings. The van der Waals surface area contributed by atoms with Gasteiger partial charge in [-0.25, -0.2) is 8.42 Å². The molecule has 13 heteroatoms. The minimum atomic E-state index is -4.68. The molecule has 0 spiro atoms. The zero-order valence-corrected chi connectivity index (χ0v) is 24.4. The summed E-state index contributed by atoms with van der Waals surface area (Å²) in [4.78, 5) is 25.1. The fourth-order valence-corrected chi connectivity index (χ4v) is 4.76. The van der Waals surface area contributed by atoms with Gasteiger partial charge in [0.25, 0.3) is 11.8 Å². The highest BCUT2D eigenvalue weighted by Crippen LogP contribution is 2.18. The highest BCUT2D eigenvalue weighted by atomic mass is 32.2. The molecule has 0 radical (unpaired) electrons. The van der Waals surface area contributed by atoms with E-state index in [1.807, 2.05) is 60.7 Å². The predicted octanol–water partition coefficient (Wildman–Crippen LogP) is 1.13. The number of carbonyl (C=O) groups excluding carboxylic acids is 2. The van der Waals surface area contributed by atoms with Gasteiger partial charge in [-0.2, -0.15) is 0 Å². The number of sulfone groups is 1. The van der Waals surface area contributed by atoms with Crippen LogP contribution in [0.4, 0.5) is 0 Å². The molecule has 12 nitrogen and oxygen atoms in total. The van der Waals surface area contributed by atoms with Crippen molar-refractivity contribution in [2.45, 2.75) is 25.7 Å². The van der Waals surface area contributed by atoms with Gasteiger partial charge < -0.3 is 40.2 Å². The smallest absolute Gasteiger partial charge is 0.264 e. The number of ether oxygens (including phenoxy) is 4. The van der Waals surface area contributed by atoms with Crippen LogP contribution >= 0.6 is 0 Å². The third kappa shape index (κ3) is 11.0. The molecule has 0 unspecified atom stereocenters. The van der Waals surface area contributed by atoms with E-state index in [9.17, 15) is 18.0 Å². The summed E-state index contributed by atoms with van der Waals surface area (Å²) in [6.45, 7) is 0.177. The van der Waals surface area contributed by atoms with Crippen molar-refractivity contribution in [3.8, 4) is 0 Å². The normalized spacial score (nSPS) is 12.3. The van der Waals surface area contributed by atoms with Gasteiger partial charge in [-0.3, -0.25) is 9.59 Å². The summed E-state index contributed by atoms with van der Waals surface area (Å²) in [6, 6.07) is 18.4. The van der Waals surface area contributed by atoms with E-state index in [1.165, 1.54) is 28.4 Å². The summed E-state index contributed by atoms with van der Waals surface area (Å²) < 4.78 is 48.1. The largest absolute Gasteiger partial charge is 0.386 e. The molecule has 0 saturated carbocycles. The number of hydrogen-bond acceptors (Lipinski definition) is 10. The molecule has 0 saturated heterocycles. The van der Waals surface area contributed by atoms with Crippen LogP contribution in [-0.4, -0.2) is 74.3 Å². The van der Waals surface area contributed by atoms with Crippen molar-refractivity contribution in [2.75, 3.05) is 41.5 Å². The molecule has 2 amide bonds. The highest BCUT2D eigenvalue weighted by molar-refractivity contribution is 8.00. The first kappa shape index (κ1) is 33.5. The molecule has 0 bridgehead atoms. The summed E-state index contributed by atoms with van der Waals surface area (Å²) in [7, 11) is 0.841. The van der Waals surface area contributed by atoms with Crippen LogP contribution in [0.1, 0.15) is 11.1 Å². The molecule has 0 aliphatic heterocycles. The first-order valence-electron chi connectivity index (χ1n) is 12.6. The number of nitrogens with one attached hydrogen (secondary N) is 4. The molecular formula is C28H38N4O8S. The molecule has 0 heterocycles. The molecule has 4 N–H and O–H groups in total. The topological polar surface area (TPSA) is 153 Å². The lowest BCUT2D eigenvalue weighted by Crippen LogP contribution is -2.40. The number of hydrogen-bond donors (Lipinski definition) is 4. The summed E-state index contributed by atoms with van der Waals surface area (Å²) in [5.74, 6) is -1.92. The van der Waals surface area contributed by atoms with Crippen molar-refractivity contribution in [3.05, 3.63) is 94.0 Å². The Morgan fingerprint density at radius 3 is 1.32 bits per heavy atom. The van der Waals surface area contributed by atoms with Crippen molar-refractivity contribution >= 4 is 21.7 Å². The van der Waals surface area contributed by atoms with Crippen LogP contribution in [0.15, 0.2) is 82.9 Å². The number of benzene rings is 2. The molecule has 41 heavy (non-hydrogen) atoms. The Morgan fingerprint density at radius 2 is 1.00 bits per heavy atom. The van der Waals surface area contributed by atoms with Crippen LogP contribution in [-0.2, 0) is 51.5 Å². The van der Waals surface area contributed by atoms with Gasteiger partial charge in [0.15, 0.2) is 22.4 Å². The average molecular weight is 591 g/mol. The molecule has 2 aromatic carbocycles. The maximum absolute atomic E-state index is 13.9. The van der Waals surface area contributed by atoms with E-state index in [-0.39, 0.29) is 26.2 Å². The Labute approximate surface area is 241 Å². The van der Waals surface area contributed by atoms with Crippen molar-refractivity contribution in [3.63, 3.8) is 0 Å². The van der Waals surface area contributed by atoms with Crippen LogP contribution in [0.25, 0.3) is 0 Å². The van der Waals surface area contributed by atoms with Gasteiger partial charge in [0.1, 0.15) is 0 Å². The van der Waals surface area contributed by atoms with E-state index in [2.05, 4.69) is 21.3 Å². The quantitative estimate of drug-likeness (QED) is 0.147. The second-order valence-corrected chi connectivity index (χ2v) is 10.4. The standard InChI is InChI=1S/C28H38N4O8S/c1-37-25(38-2)19-31-27(33)23(17-29-15-21-11-7-5-8-12-21)41(35,36)24(28(34)32-20-26(39-3)40-4)18-30-16-22-13-9-6-10-14-22/h5-14,17-18,25-26,29-30H,15-16,19-20H2,1-4H3,(H,31,33)(H,32,34)/b23-17+,24-18+. The molecule has 0 atom stereocenters. The van der Waals surface area contributed by atoms with E-state index in [4.69, 9.17) is 18.9 Å². The molecule has 0 aliphatic carbocycles. The molecule has 0 aromatic heterocycles. The Balaban J connectivity index is 2.42. The number of amides is 2. The van der Waals surface area contributed by atoms with Crippen LogP contribution in [0, 0.1) is 0 Å². The monoisotopic (exact) mass is 590 g/mol. The second kappa shape index (κ2) is 17.8. The van der Waals surface area contributed by atoms with Gasteiger partial charge in [0.2, 0.25) is 9.84 Å². The second-order valence-electron chi connectivity index (χ2n) is 8.48. The average Bonchev–Trinajstić information content (AvgIpc) is 2.99. The van der Waals surface area contributed by atoms with Gasteiger partial charge in [-0.1, -0.05) is 60.7 Å². The highest BCUT2D eigenvalue weighted by Gasteiger charge is 2.34. The number of rotatable bonds is 18. The third-order valence-electron chi connectivity index (χ3n) is 5.70. The van der Waals surface area contributed by atoms with Crippen LogP contribution in [0.5, 0.6) is 0 Å². The van der Waals surface area contributed by atoms with Crippen LogP contribution in [0.2, 0.25) is 0 Å². The predicted molar refractivity (Wildman–Crippen MR) is 153 cm³/mol. The van der Waals surface area contributed by atoms with E-state index in [0.29, 0.717) is 0 Å². The van der Waals surface area contributed by atoms with Crippen molar-refractivity contribution < 1.29 is 37.0 Å². The lowest BCUT2D eigenvalue weighted by molar-refractivity contribution is -0.123. The number of methoxy groups -OCH3 is 4. The lowest BCUT2D eigenvalue weighted by Gasteiger charge is -2.18. The Bertz CT molecular complexity index is 1150. The zero-order chi connectivity index (χ0) is 30.1. The maximum Gasteiger partial charge on any atom is 0.264 e. The fraction of sp³-hybridized carbons (Fsp3) is 0.357. The van der Waals surface area contributed by atoms with Crippen molar-refractivity contribution in [1.82, 2.24) is 21.3 Å². The summed E-state index contributed by atoms with van der Waals surface area (Å²) in [5, 5.41) is 10.7. The molecular weight excluding hydrogens is 552 g/mol. The first-order valence-corrected chi connectivity index (χ1v) is 14.1. The van der Waals surface area contributed by atoms with Gasteiger partial charge in [0, 0.05) is 53.9 Å². The molecule has 0 fully saturated rings. The van der Waals surface area contributed by atoms with Gasteiger partial charge in [-0.15, -0.1) is 0 Å². The number of carbonyl (C=O) groups is 2. The third-order valence-corrected chi connectivity index (χ3v) is 7.47. The molecule has 2 aromatic rings. The van der Waals surface area contributed by atoms with Crippen molar-refractivity contribution in [2.24, 2.45) is 0 Å². The van der Waals surface area contributed by atoms with E-state index in [0.717, 1.165) is 23.5 Å². The summed E-state index contributed by atoms with van der Waals surface area (Å²) in [5.41, 5.74) is 1.70. The summed E-state index contributed by atoms with van der Waals surface area (Å²) >= 11 is 0. The fourth-order valence-electron chi connectivity index (χ4n) is 3.42. The van der Waals surface area contributed by atoms with Crippen LogP contribution < -0.4 is 21.3 Å². The van der Waals surface area contributed by atoms with Gasteiger partial charge in [-0.05, 0) is 11.1 Å². The van der Waals surface area contributed by atoms with Crippen LogP contribution in [0.3, 0.4) is 0 Å². The minimum Gasteiger partial charge on any atom is -0.386 e. The summed E-state index contributed by atoms with van der Waals surface area (Å²) in [6.07, 6.45) is 0.507. The van der Waals surface area contributed by atoms with E-state index < -0.39 is 44.0 Å². The molecule has 224 valence electrons.